The van der Waals surface area contributed by atoms with Crippen LogP contribution in [0.5, 0.6) is 0 Å². The second-order valence-corrected chi connectivity index (χ2v) is 5.18. The van der Waals surface area contributed by atoms with E-state index in [1.807, 2.05) is 42.5 Å². The highest BCUT2D eigenvalue weighted by Crippen LogP contribution is 2.17. The molecule has 0 unspecified atom stereocenters. The van der Waals surface area contributed by atoms with Crippen molar-refractivity contribution in [2.45, 2.75) is 6.54 Å². The average Bonchev–Trinajstić information content (AvgIpc) is 2.47. The Kier molecular flexibility index (Phi) is 5.15. The Morgan fingerprint density at radius 2 is 1.80 bits per heavy atom. The fourth-order valence-electron chi connectivity index (χ4n) is 1.71. The molecular weight excluding hydrogens is 320 g/mol. The zero-order valence-corrected chi connectivity index (χ0v) is 12.4. The van der Waals surface area contributed by atoms with E-state index in [-0.39, 0.29) is 0 Å². The molecule has 0 aliphatic carbocycles. The predicted octanol–water partition coefficient (Wildman–Crippen LogP) is 2.99. The standard InChI is InChI=1S/C15H15BrN2O2/c16-12-6-4-11(5-7-12)9-17-13-2-1-3-14(8-13)18-15(20)10-19/h1-8,17,19H,9-10H2,(H,18,20). The van der Waals surface area contributed by atoms with Crippen LogP contribution in [0.2, 0.25) is 0 Å². The quantitative estimate of drug-likeness (QED) is 0.787. The van der Waals surface area contributed by atoms with Crippen molar-refractivity contribution in [3.63, 3.8) is 0 Å². The number of aliphatic hydroxyl groups excluding tert-OH is 1. The van der Waals surface area contributed by atoms with Crippen molar-refractivity contribution in [2.75, 3.05) is 17.2 Å². The van der Waals surface area contributed by atoms with Gasteiger partial charge in [0.2, 0.25) is 5.91 Å². The van der Waals surface area contributed by atoms with Crippen LogP contribution in [0.15, 0.2) is 53.0 Å². The Morgan fingerprint density at radius 3 is 2.50 bits per heavy atom. The van der Waals surface area contributed by atoms with Crippen LogP contribution in [0, 0.1) is 0 Å². The van der Waals surface area contributed by atoms with Gasteiger partial charge in [0.15, 0.2) is 0 Å². The van der Waals surface area contributed by atoms with Crippen molar-refractivity contribution in [2.24, 2.45) is 0 Å². The molecule has 0 atom stereocenters. The Bertz CT molecular complexity index is 585. The number of hydrogen-bond donors (Lipinski definition) is 3. The van der Waals surface area contributed by atoms with E-state index >= 15 is 0 Å². The topological polar surface area (TPSA) is 61.4 Å². The van der Waals surface area contributed by atoms with Crippen LogP contribution in [-0.4, -0.2) is 17.6 Å². The van der Waals surface area contributed by atoms with Crippen LogP contribution in [0.3, 0.4) is 0 Å². The van der Waals surface area contributed by atoms with Gasteiger partial charge in [-0.2, -0.15) is 0 Å². The summed E-state index contributed by atoms with van der Waals surface area (Å²) >= 11 is 3.40. The second-order valence-electron chi connectivity index (χ2n) is 4.27. The first-order valence-corrected chi connectivity index (χ1v) is 6.96. The second kappa shape index (κ2) is 7.07. The van der Waals surface area contributed by atoms with Gasteiger partial charge in [0.05, 0.1) is 0 Å². The van der Waals surface area contributed by atoms with Crippen molar-refractivity contribution in [3.8, 4) is 0 Å². The molecule has 20 heavy (non-hydrogen) atoms. The van der Waals surface area contributed by atoms with E-state index in [0.29, 0.717) is 12.2 Å². The molecule has 0 aliphatic heterocycles. The third-order valence-corrected chi connectivity index (χ3v) is 3.23. The van der Waals surface area contributed by atoms with Crippen LogP contribution in [-0.2, 0) is 11.3 Å². The number of aliphatic hydroxyl groups is 1. The summed E-state index contributed by atoms with van der Waals surface area (Å²) in [6, 6.07) is 15.4. The molecule has 1 amide bonds. The number of halogens is 1. The van der Waals surface area contributed by atoms with Gasteiger partial charge in [-0.05, 0) is 35.9 Å². The van der Waals surface area contributed by atoms with E-state index in [2.05, 4.69) is 26.6 Å². The minimum atomic E-state index is -0.517. The maximum atomic E-state index is 11.1. The highest BCUT2D eigenvalue weighted by molar-refractivity contribution is 9.10. The van der Waals surface area contributed by atoms with Gasteiger partial charge < -0.3 is 15.7 Å². The van der Waals surface area contributed by atoms with E-state index in [0.717, 1.165) is 15.7 Å². The number of anilines is 2. The molecule has 4 nitrogen and oxygen atoms in total. The SMILES string of the molecule is O=C(CO)Nc1cccc(NCc2ccc(Br)cc2)c1. The zero-order chi connectivity index (χ0) is 14.4. The van der Waals surface area contributed by atoms with Gasteiger partial charge in [0, 0.05) is 22.4 Å². The first-order valence-electron chi connectivity index (χ1n) is 6.16. The Morgan fingerprint density at radius 1 is 1.10 bits per heavy atom. The predicted molar refractivity (Wildman–Crippen MR) is 83.6 cm³/mol. The lowest BCUT2D eigenvalue weighted by Crippen LogP contribution is -2.15. The molecule has 2 aromatic carbocycles. The maximum Gasteiger partial charge on any atom is 0.250 e. The van der Waals surface area contributed by atoms with Gasteiger partial charge in [0.1, 0.15) is 6.61 Å². The van der Waals surface area contributed by atoms with Gasteiger partial charge >= 0.3 is 0 Å². The molecule has 2 aromatic rings. The molecule has 0 saturated carbocycles. The fourth-order valence-corrected chi connectivity index (χ4v) is 1.98. The van der Waals surface area contributed by atoms with Gasteiger partial charge in [-0.3, -0.25) is 4.79 Å². The molecule has 3 N–H and O–H groups in total. The summed E-state index contributed by atoms with van der Waals surface area (Å²) in [5.41, 5.74) is 2.73. The number of carbonyl (C=O) groups is 1. The van der Waals surface area contributed by atoms with Crippen molar-refractivity contribution in [3.05, 3.63) is 58.6 Å². The number of hydrogen-bond acceptors (Lipinski definition) is 3. The molecule has 0 saturated heterocycles. The Balaban J connectivity index is 1.97. The van der Waals surface area contributed by atoms with E-state index in [9.17, 15) is 4.79 Å². The van der Waals surface area contributed by atoms with Crippen LogP contribution in [0.4, 0.5) is 11.4 Å². The molecule has 0 heterocycles. The molecule has 0 radical (unpaired) electrons. The molecule has 2 rings (SSSR count). The third-order valence-electron chi connectivity index (χ3n) is 2.70. The van der Waals surface area contributed by atoms with Gasteiger partial charge in [-0.25, -0.2) is 0 Å². The zero-order valence-electron chi connectivity index (χ0n) is 10.8. The number of amides is 1. The highest BCUT2D eigenvalue weighted by atomic mass is 79.9. The van der Waals surface area contributed by atoms with Crippen LogP contribution in [0.25, 0.3) is 0 Å². The van der Waals surface area contributed by atoms with E-state index < -0.39 is 12.5 Å². The Hall–Kier alpha value is -1.85. The summed E-state index contributed by atoms with van der Waals surface area (Å²) in [6.45, 7) is 0.182. The fraction of sp³-hybridized carbons (Fsp3) is 0.133. The van der Waals surface area contributed by atoms with Crippen molar-refractivity contribution in [1.82, 2.24) is 0 Å². The van der Waals surface area contributed by atoms with Gasteiger partial charge in [-0.1, -0.05) is 34.1 Å². The first-order chi connectivity index (χ1) is 9.67. The van der Waals surface area contributed by atoms with Crippen LogP contribution < -0.4 is 10.6 Å². The van der Waals surface area contributed by atoms with Crippen molar-refractivity contribution in [1.29, 1.82) is 0 Å². The van der Waals surface area contributed by atoms with Crippen molar-refractivity contribution < 1.29 is 9.90 Å². The number of rotatable bonds is 5. The van der Waals surface area contributed by atoms with E-state index in [1.54, 1.807) is 6.07 Å². The number of carbonyl (C=O) groups excluding carboxylic acids is 1. The van der Waals surface area contributed by atoms with Crippen molar-refractivity contribution >= 4 is 33.2 Å². The lowest BCUT2D eigenvalue weighted by atomic mass is 10.2. The monoisotopic (exact) mass is 334 g/mol. The van der Waals surface area contributed by atoms with Gasteiger partial charge in [-0.15, -0.1) is 0 Å². The minimum absolute atomic E-state index is 0.421. The molecular formula is C15H15BrN2O2. The maximum absolute atomic E-state index is 11.1. The highest BCUT2D eigenvalue weighted by Gasteiger charge is 2.01. The van der Waals surface area contributed by atoms with Gasteiger partial charge in [0.25, 0.3) is 0 Å². The molecule has 104 valence electrons. The summed E-state index contributed by atoms with van der Waals surface area (Å²) in [5.74, 6) is -0.421. The largest absolute Gasteiger partial charge is 0.387 e. The number of benzene rings is 2. The smallest absolute Gasteiger partial charge is 0.250 e. The minimum Gasteiger partial charge on any atom is -0.387 e. The third kappa shape index (κ3) is 4.36. The van der Waals surface area contributed by atoms with E-state index in [4.69, 9.17) is 5.11 Å². The summed E-state index contributed by atoms with van der Waals surface area (Å²) in [6.07, 6.45) is 0. The average molecular weight is 335 g/mol. The normalized spacial score (nSPS) is 10.1. The summed E-state index contributed by atoms with van der Waals surface area (Å²) in [7, 11) is 0. The lowest BCUT2D eigenvalue weighted by molar-refractivity contribution is -0.118. The van der Waals surface area contributed by atoms with E-state index in [1.165, 1.54) is 0 Å². The Labute approximate surface area is 126 Å². The molecule has 0 fully saturated rings. The summed E-state index contributed by atoms with van der Waals surface area (Å²) in [5, 5.41) is 14.6. The molecule has 5 heteroatoms. The first kappa shape index (κ1) is 14.6. The molecule has 0 spiro atoms. The molecule has 0 aromatic heterocycles. The summed E-state index contributed by atoms with van der Waals surface area (Å²) < 4.78 is 1.05. The lowest BCUT2D eigenvalue weighted by Gasteiger charge is -2.09. The molecule has 0 bridgehead atoms. The summed E-state index contributed by atoms with van der Waals surface area (Å²) in [4.78, 5) is 11.1. The van der Waals surface area contributed by atoms with Crippen LogP contribution >= 0.6 is 15.9 Å². The molecule has 0 aliphatic rings. The number of nitrogens with one attached hydrogen (secondary N) is 2. The van der Waals surface area contributed by atoms with Crippen LogP contribution in [0.1, 0.15) is 5.56 Å².